The van der Waals surface area contributed by atoms with Gasteiger partial charge in [-0.15, -0.1) is 0 Å². The number of amides is 2. The first kappa shape index (κ1) is 21.9. The van der Waals surface area contributed by atoms with Gasteiger partial charge in [-0.05, 0) is 50.2 Å². The summed E-state index contributed by atoms with van der Waals surface area (Å²) in [5.41, 5.74) is 5.77. The number of ether oxygens (including phenoxy) is 1. The van der Waals surface area contributed by atoms with Crippen LogP contribution in [0.1, 0.15) is 24.5 Å². The van der Waals surface area contributed by atoms with Crippen molar-refractivity contribution in [3.63, 3.8) is 0 Å². The lowest BCUT2D eigenvalue weighted by Crippen LogP contribution is -2.47. The Kier molecular flexibility index (Phi) is 7.33. The topological polar surface area (TPSA) is 125 Å². The van der Waals surface area contributed by atoms with Gasteiger partial charge in [0, 0.05) is 6.42 Å². The molecule has 0 aliphatic rings. The molecule has 2 N–H and O–H groups in total. The van der Waals surface area contributed by atoms with Gasteiger partial charge in [0.15, 0.2) is 15.9 Å². The zero-order chi connectivity index (χ0) is 21.4. The predicted octanol–water partition coefficient (Wildman–Crippen LogP) is 1.65. The van der Waals surface area contributed by atoms with Gasteiger partial charge >= 0.3 is 0 Å². The first-order chi connectivity index (χ1) is 13.7. The van der Waals surface area contributed by atoms with Crippen LogP contribution < -0.4 is 15.6 Å². The number of hydrogen-bond acceptors (Lipinski definition) is 6. The van der Waals surface area contributed by atoms with Crippen molar-refractivity contribution in [1.29, 1.82) is 5.26 Å². The van der Waals surface area contributed by atoms with Crippen molar-refractivity contribution in [2.75, 3.05) is 5.75 Å². The Morgan fingerprint density at radius 1 is 1.07 bits per heavy atom. The fourth-order valence-electron chi connectivity index (χ4n) is 2.25. The highest BCUT2D eigenvalue weighted by Gasteiger charge is 2.18. The molecule has 0 aliphatic carbocycles. The van der Waals surface area contributed by atoms with E-state index in [1.54, 1.807) is 36.4 Å². The average Bonchev–Trinajstić information content (AvgIpc) is 2.71. The molecule has 29 heavy (non-hydrogen) atoms. The van der Waals surface area contributed by atoms with Crippen LogP contribution in [-0.4, -0.2) is 32.1 Å². The Morgan fingerprint density at radius 3 is 2.28 bits per heavy atom. The van der Waals surface area contributed by atoms with Crippen LogP contribution in [0.15, 0.2) is 53.4 Å². The molecule has 0 spiro atoms. The third-order valence-corrected chi connectivity index (χ3v) is 5.70. The van der Waals surface area contributed by atoms with Crippen molar-refractivity contribution < 1.29 is 22.7 Å². The first-order valence-corrected chi connectivity index (χ1v) is 10.4. The number of rotatable bonds is 7. The summed E-state index contributed by atoms with van der Waals surface area (Å²) in [4.78, 5) is 24.0. The summed E-state index contributed by atoms with van der Waals surface area (Å²) in [6, 6.07) is 14.5. The number of hydrogen-bond donors (Lipinski definition) is 2. The fourth-order valence-corrected chi connectivity index (χ4v) is 3.49. The van der Waals surface area contributed by atoms with Crippen LogP contribution in [0.4, 0.5) is 0 Å². The Balaban J connectivity index is 1.79. The van der Waals surface area contributed by atoms with Crippen molar-refractivity contribution in [2.24, 2.45) is 0 Å². The van der Waals surface area contributed by atoms with E-state index in [9.17, 15) is 18.0 Å². The highest BCUT2D eigenvalue weighted by Crippen LogP contribution is 2.14. The van der Waals surface area contributed by atoms with Crippen LogP contribution in [0.5, 0.6) is 5.75 Å². The van der Waals surface area contributed by atoms with E-state index in [-0.39, 0.29) is 17.1 Å². The van der Waals surface area contributed by atoms with E-state index < -0.39 is 27.8 Å². The van der Waals surface area contributed by atoms with Crippen molar-refractivity contribution in [2.45, 2.75) is 31.3 Å². The lowest BCUT2D eigenvalue weighted by atomic mass is 10.2. The molecule has 2 amide bonds. The van der Waals surface area contributed by atoms with Crippen LogP contribution in [0.2, 0.25) is 0 Å². The number of nitriles is 1. The quantitative estimate of drug-likeness (QED) is 0.662. The number of sulfone groups is 1. The molecule has 1 atom stereocenters. The van der Waals surface area contributed by atoms with E-state index in [0.29, 0.717) is 11.3 Å². The third-order valence-electron chi connectivity index (χ3n) is 3.97. The molecule has 0 bridgehead atoms. The number of carbonyl (C=O) groups is 2. The minimum atomic E-state index is -3.59. The van der Waals surface area contributed by atoms with Gasteiger partial charge in [-0.2, -0.15) is 5.26 Å². The summed E-state index contributed by atoms with van der Waals surface area (Å²) in [6.07, 6.45) is -1.22. The molecule has 0 aromatic heterocycles. The zero-order valence-electron chi connectivity index (χ0n) is 16.0. The van der Waals surface area contributed by atoms with Crippen LogP contribution in [0.3, 0.4) is 0 Å². The Labute approximate surface area is 169 Å². The van der Waals surface area contributed by atoms with Crippen molar-refractivity contribution >= 4 is 21.7 Å². The Hall–Kier alpha value is -3.38. The van der Waals surface area contributed by atoms with E-state index >= 15 is 0 Å². The Bertz CT molecular complexity index is 1010. The molecule has 0 heterocycles. The lowest BCUT2D eigenvalue weighted by molar-refractivity contribution is -0.132. The Morgan fingerprint density at radius 2 is 1.69 bits per heavy atom. The summed E-state index contributed by atoms with van der Waals surface area (Å²) in [5.74, 6) is -1.24. The molecule has 152 valence electrons. The van der Waals surface area contributed by atoms with Gasteiger partial charge in [0.05, 0.1) is 22.3 Å². The number of nitrogens with zero attached hydrogens (tertiary/aromatic N) is 1. The van der Waals surface area contributed by atoms with Crippen molar-refractivity contribution in [1.82, 2.24) is 10.9 Å². The van der Waals surface area contributed by atoms with E-state index in [0.717, 1.165) is 5.56 Å². The second kappa shape index (κ2) is 9.71. The maximum atomic E-state index is 12.2. The van der Waals surface area contributed by atoms with Gasteiger partial charge in [0.25, 0.3) is 5.91 Å². The van der Waals surface area contributed by atoms with E-state index in [1.807, 2.05) is 13.0 Å². The third kappa shape index (κ3) is 6.62. The zero-order valence-corrected chi connectivity index (χ0v) is 16.8. The molecule has 8 nitrogen and oxygen atoms in total. The molecule has 2 aromatic carbocycles. The molecule has 0 aliphatic heterocycles. The molecular formula is C20H21N3O5S. The standard InChI is InChI=1S/C20H21N3O5S/c1-14-3-9-18(10-4-14)29(26,27)12-11-19(24)22-23-20(25)15(2)28-17-7-5-16(13-21)6-8-17/h3-10,15H,11-12H2,1-2H3,(H,22,24)(H,23,25)/t15-/m1/s1. The predicted molar refractivity (Wildman–Crippen MR) is 105 cm³/mol. The van der Waals surface area contributed by atoms with Crippen molar-refractivity contribution in [3.05, 3.63) is 59.7 Å². The summed E-state index contributed by atoms with van der Waals surface area (Å²) < 4.78 is 29.9. The smallest absolute Gasteiger partial charge is 0.279 e. The van der Waals surface area contributed by atoms with Crippen LogP contribution >= 0.6 is 0 Å². The highest BCUT2D eigenvalue weighted by atomic mass is 32.2. The van der Waals surface area contributed by atoms with E-state index in [4.69, 9.17) is 10.00 Å². The maximum absolute atomic E-state index is 12.2. The van der Waals surface area contributed by atoms with Gasteiger partial charge in [-0.1, -0.05) is 17.7 Å². The highest BCUT2D eigenvalue weighted by molar-refractivity contribution is 7.91. The average molecular weight is 415 g/mol. The molecule has 0 saturated heterocycles. The summed E-state index contributed by atoms with van der Waals surface area (Å²) in [6.45, 7) is 3.33. The van der Waals surface area contributed by atoms with Gasteiger partial charge in [-0.3, -0.25) is 20.4 Å². The van der Waals surface area contributed by atoms with Crippen LogP contribution in [0, 0.1) is 18.3 Å². The molecule has 2 rings (SSSR count). The minimum absolute atomic E-state index is 0.143. The van der Waals surface area contributed by atoms with E-state index in [2.05, 4.69) is 10.9 Å². The summed E-state index contributed by atoms with van der Waals surface area (Å²) >= 11 is 0. The first-order valence-electron chi connectivity index (χ1n) is 8.76. The van der Waals surface area contributed by atoms with Gasteiger partial charge in [0.1, 0.15) is 5.75 Å². The second-order valence-electron chi connectivity index (χ2n) is 6.32. The van der Waals surface area contributed by atoms with Gasteiger partial charge < -0.3 is 4.74 Å². The van der Waals surface area contributed by atoms with Crippen LogP contribution in [-0.2, 0) is 19.4 Å². The molecule has 9 heteroatoms. The SMILES string of the molecule is Cc1ccc(S(=O)(=O)CCC(=O)NNC(=O)[C@@H](C)Oc2ccc(C#N)cc2)cc1. The normalized spacial score (nSPS) is 11.8. The van der Waals surface area contributed by atoms with Gasteiger partial charge in [0.2, 0.25) is 5.91 Å². The molecule has 0 radical (unpaired) electrons. The number of nitrogens with one attached hydrogen (secondary N) is 2. The largest absolute Gasteiger partial charge is 0.481 e. The molecular weight excluding hydrogens is 394 g/mol. The van der Waals surface area contributed by atoms with E-state index in [1.165, 1.54) is 19.1 Å². The van der Waals surface area contributed by atoms with Gasteiger partial charge in [-0.25, -0.2) is 8.42 Å². The molecule has 2 aromatic rings. The molecule has 0 saturated carbocycles. The number of aryl methyl sites for hydroxylation is 1. The number of hydrazine groups is 1. The maximum Gasteiger partial charge on any atom is 0.279 e. The lowest BCUT2D eigenvalue weighted by Gasteiger charge is -2.15. The fraction of sp³-hybridized carbons (Fsp3) is 0.250. The van der Waals surface area contributed by atoms with Crippen LogP contribution in [0.25, 0.3) is 0 Å². The number of benzene rings is 2. The second-order valence-corrected chi connectivity index (χ2v) is 8.42. The summed E-state index contributed by atoms with van der Waals surface area (Å²) in [7, 11) is -3.59. The number of carbonyl (C=O) groups excluding carboxylic acids is 2. The minimum Gasteiger partial charge on any atom is -0.481 e. The molecule has 0 unspecified atom stereocenters. The van der Waals surface area contributed by atoms with Crippen molar-refractivity contribution in [3.8, 4) is 11.8 Å². The monoisotopic (exact) mass is 415 g/mol. The summed E-state index contributed by atoms with van der Waals surface area (Å²) in [5, 5.41) is 8.76. The molecule has 0 fully saturated rings.